The number of hydrogen-bond acceptors (Lipinski definition) is 3. The molecule has 18 heavy (non-hydrogen) atoms. The van der Waals surface area contributed by atoms with Crippen LogP contribution in [-0.2, 0) is 9.53 Å². The van der Waals surface area contributed by atoms with E-state index in [2.05, 4.69) is 24.5 Å². The molecule has 0 bridgehead atoms. The standard InChI is InChI=1S/C14H26N2O2/c1-3-11-4-7-15-12(10-11)13(17)16-14(2)5-8-18-9-6-14/h11-12,15H,3-10H2,1-2H3,(H,16,17). The lowest BCUT2D eigenvalue weighted by Crippen LogP contribution is -2.56. The summed E-state index contributed by atoms with van der Waals surface area (Å²) in [5, 5.41) is 6.57. The van der Waals surface area contributed by atoms with Gasteiger partial charge in [0, 0.05) is 18.8 Å². The third-order valence-electron chi connectivity index (χ3n) is 4.43. The van der Waals surface area contributed by atoms with Crippen molar-refractivity contribution < 1.29 is 9.53 Å². The van der Waals surface area contributed by atoms with Gasteiger partial charge >= 0.3 is 0 Å². The summed E-state index contributed by atoms with van der Waals surface area (Å²) in [5.74, 6) is 0.877. The molecule has 2 unspecified atom stereocenters. The molecule has 2 atom stereocenters. The number of piperidine rings is 1. The average molecular weight is 254 g/mol. The molecule has 2 fully saturated rings. The number of rotatable bonds is 3. The molecule has 4 heteroatoms. The molecular weight excluding hydrogens is 228 g/mol. The molecule has 0 aliphatic carbocycles. The lowest BCUT2D eigenvalue weighted by molar-refractivity contribution is -0.127. The third kappa shape index (κ3) is 3.45. The van der Waals surface area contributed by atoms with Gasteiger partial charge in [-0.2, -0.15) is 0 Å². The van der Waals surface area contributed by atoms with E-state index in [-0.39, 0.29) is 17.5 Å². The van der Waals surface area contributed by atoms with Crippen molar-refractivity contribution in [2.45, 2.75) is 57.5 Å². The van der Waals surface area contributed by atoms with Crippen molar-refractivity contribution >= 4 is 5.91 Å². The highest BCUT2D eigenvalue weighted by Crippen LogP contribution is 2.22. The van der Waals surface area contributed by atoms with Crippen LogP contribution in [0.25, 0.3) is 0 Å². The molecule has 0 aromatic carbocycles. The Balaban J connectivity index is 1.86. The minimum atomic E-state index is -0.0732. The Bertz CT molecular complexity index is 288. The second-order valence-corrected chi connectivity index (χ2v) is 5.97. The zero-order chi connectivity index (χ0) is 13.0. The first kappa shape index (κ1) is 13.8. The van der Waals surface area contributed by atoms with Gasteiger partial charge in [-0.1, -0.05) is 13.3 Å². The summed E-state index contributed by atoms with van der Waals surface area (Å²) < 4.78 is 5.36. The van der Waals surface area contributed by atoms with Gasteiger partial charge in [0.25, 0.3) is 0 Å². The SMILES string of the molecule is CCC1CCNC(C(=O)NC2(C)CCOCC2)C1. The van der Waals surface area contributed by atoms with E-state index in [1.54, 1.807) is 0 Å². The Kier molecular flexibility index (Phi) is 4.62. The Morgan fingerprint density at radius 1 is 1.44 bits per heavy atom. The van der Waals surface area contributed by atoms with E-state index in [4.69, 9.17) is 4.74 Å². The Morgan fingerprint density at radius 2 is 2.17 bits per heavy atom. The Hall–Kier alpha value is -0.610. The average Bonchev–Trinajstić information content (AvgIpc) is 2.39. The minimum Gasteiger partial charge on any atom is -0.381 e. The van der Waals surface area contributed by atoms with Crippen LogP contribution >= 0.6 is 0 Å². The highest BCUT2D eigenvalue weighted by Gasteiger charge is 2.33. The van der Waals surface area contributed by atoms with E-state index in [1.807, 2.05) is 0 Å². The molecule has 0 aromatic heterocycles. The molecule has 0 radical (unpaired) electrons. The van der Waals surface area contributed by atoms with Crippen LogP contribution in [0, 0.1) is 5.92 Å². The summed E-state index contributed by atoms with van der Waals surface area (Å²) in [7, 11) is 0. The Morgan fingerprint density at radius 3 is 2.83 bits per heavy atom. The lowest BCUT2D eigenvalue weighted by atomic mass is 9.88. The van der Waals surface area contributed by atoms with Crippen LogP contribution in [0.4, 0.5) is 0 Å². The molecule has 2 aliphatic heterocycles. The smallest absolute Gasteiger partial charge is 0.237 e. The molecule has 0 aromatic rings. The first-order chi connectivity index (χ1) is 8.63. The first-order valence-corrected chi connectivity index (χ1v) is 7.26. The maximum absolute atomic E-state index is 12.3. The van der Waals surface area contributed by atoms with E-state index >= 15 is 0 Å². The van der Waals surface area contributed by atoms with Gasteiger partial charge in [0.15, 0.2) is 0 Å². The van der Waals surface area contributed by atoms with Crippen LogP contribution in [-0.4, -0.2) is 37.2 Å². The van der Waals surface area contributed by atoms with Crippen LogP contribution in [0.1, 0.15) is 46.0 Å². The molecule has 2 rings (SSSR count). The molecule has 0 saturated carbocycles. The Labute approximate surface area is 110 Å². The third-order valence-corrected chi connectivity index (χ3v) is 4.43. The summed E-state index contributed by atoms with van der Waals surface area (Å²) in [4.78, 5) is 12.3. The van der Waals surface area contributed by atoms with E-state index in [0.717, 1.165) is 39.0 Å². The molecule has 2 saturated heterocycles. The number of ether oxygens (including phenoxy) is 1. The molecule has 2 N–H and O–H groups in total. The predicted molar refractivity (Wildman–Crippen MR) is 71.4 cm³/mol. The van der Waals surface area contributed by atoms with Gasteiger partial charge < -0.3 is 15.4 Å². The van der Waals surface area contributed by atoms with Gasteiger partial charge in [-0.05, 0) is 45.1 Å². The van der Waals surface area contributed by atoms with Crippen molar-refractivity contribution in [3.63, 3.8) is 0 Å². The number of nitrogens with one attached hydrogen (secondary N) is 2. The van der Waals surface area contributed by atoms with Crippen LogP contribution < -0.4 is 10.6 Å². The normalized spacial score (nSPS) is 31.9. The minimum absolute atomic E-state index is 0.00312. The topological polar surface area (TPSA) is 50.4 Å². The quantitative estimate of drug-likeness (QED) is 0.801. The van der Waals surface area contributed by atoms with Crippen molar-refractivity contribution in [2.75, 3.05) is 19.8 Å². The largest absolute Gasteiger partial charge is 0.381 e. The lowest BCUT2D eigenvalue weighted by Gasteiger charge is -2.37. The fraction of sp³-hybridized carbons (Fsp3) is 0.929. The summed E-state index contributed by atoms with van der Waals surface area (Å²) in [6.07, 6.45) is 5.20. The molecule has 104 valence electrons. The maximum atomic E-state index is 12.3. The van der Waals surface area contributed by atoms with Gasteiger partial charge in [-0.15, -0.1) is 0 Å². The fourth-order valence-electron chi connectivity index (χ4n) is 2.90. The first-order valence-electron chi connectivity index (χ1n) is 7.26. The molecular formula is C14H26N2O2. The van der Waals surface area contributed by atoms with E-state index in [9.17, 15) is 4.79 Å². The van der Waals surface area contributed by atoms with Gasteiger partial charge in [-0.25, -0.2) is 0 Å². The van der Waals surface area contributed by atoms with Gasteiger partial charge in [0.2, 0.25) is 5.91 Å². The van der Waals surface area contributed by atoms with Gasteiger partial charge in [-0.3, -0.25) is 4.79 Å². The van der Waals surface area contributed by atoms with Crippen molar-refractivity contribution in [2.24, 2.45) is 5.92 Å². The second-order valence-electron chi connectivity index (χ2n) is 5.97. The monoisotopic (exact) mass is 254 g/mol. The van der Waals surface area contributed by atoms with E-state index in [1.165, 1.54) is 12.8 Å². The molecule has 4 nitrogen and oxygen atoms in total. The molecule has 2 aliphatic rings. The van der Waals surface area contributed by atoms with Crippen molar-refractivity contribution in [3.8, 4) is 0 Å². The van der Waals surface area contributed by atoms with Crippen LogP contribution in [0.2, 0.25) is 0 Å². The molecule has 0 spiro atoms. The van der Waals surface area contributed by atoms with Crippen LogP contribution in [0.3, 0.4) is 0 Å². The van der Waals surface area contributed by atoms with Gasteiger partial charge in [0.1, 0.15) is 0 Å². The highest BCUT2D eigenvalue weighted by atomic mass is 16.5. The molecule has 1 amide bonds. The summed E-state index contributed by atoms with van der Waals surface area (Å²) in [5.41, 5.74) is -0.0732. The van der Waals surface area contributed by atoms with E-state index in [0.29, 0.717) is 5.92 Å². The number of hydrogen-bond donors (Lipinski definition) is 2. The second kappa shape index (κ2) is 6.02. The fourth-order valence-corrected chi connectivity index (χ4v) is 2.90. The summed E-state index contributed by atoms with van der Waals surface area (Å²) in [6, 6.07) is 0.00312. The zero-order valence-corrected chi connectivity index (χ0v) is 11.6. The van der Waals surface area contributed by atoms with Gasteiger partial charge in [0.05, 0.1) is 6.04 Å². The number of carbonyl (C=O) groups excluding carboxylic acids is 1. The van der Waals surface area contributed by atoms with Crippen molar-refractivity contribution in [1.29, 1.82) is 0 Å². The van der Waals surface area contributed by atoms with E-state index < -0.39 is 0 Å². The van der Waals surface area contributed by atoms with Crippen molar-refractivity contribution in [1.82, 2.24) is 10.6 Å². The van der Waals surface area contributed by atoms with Crippen molar-refractivity contribution in [3.05, 3.63) is 0 Å². The van der Waals surface area contributed by atoms with Crippen LogP contribution in [0.15, 0.2) is 0 Å². The summed E-state index contributed by atoms with van der Waals surface area (Å²) in [6.45, 7) is 6.83. The molecule has 2 heterocycles. The summed E-state index contributed by atoms with van der Waals surface area (Å²) >= 11 is 0. The number of carbonyl (C=O) groups is 1. The highest BCUT2D eigenvalue weighted by molar-refractivity contribution is 5.82. The number of amides is 1. The predicted octanol–water partition coefficient (Wildman–Crippen LogP) is 1.45. The van der Waals surface area contributed by atoms with Crippen LogP contribution in [0.5, 0.6) is 0 Å². The zero-order valence-electron chi connectivity index (χ0n) is 11.6. The maximum Gasteiger partial charge on any atom is 0.237 e.